The number of nitrogens with one attached hydrogen (secondary N) is 1. The lowest BCUT2D eigenvalue weighted by Crippen LogP contribution is -2.38. The minimum Gasteiger partial charge on any atom is -0.465 e. The van der Waals surface area contributed by atoms with Crippen molar-refractivity contribution in [2.75, 3.05) is 6.61 Å². The van der Waals surface area contributed by atoms with E-state index in [1.807, 2.05) is 6.92 Å². The SMILES string of the molecule is CCOC(=O)C1CC2CCCCC2N1.Cl. The molecule has 0 amide bonds. The monoisotopic (exact) mass is 233 g/mol. The number of carbonyl (C=O) groups excluding carboxylic acids is 1. The van der Waals surface area contributed by atoms with Crippen LogP contribution in [0.3, 0.4) is 0 Å². The Morgan fingerprint density at radius 1 is 1.40 bits per heavy atom. The standard InChI is InChI=1S/C11H19NO2.ClH/c1-2-14-11(13)10-7-8-5-3-4-6-9(8)12-10;/h8-10,12H,2-7H2,1H3;1H. The molecule has 1 aliphatic heterocycles. The normalized spacial score (nSPS) is 34.1. The summed E-state index contributed by atoms with van der Waals surface area (Å²) in [5.74, 6) is 0.667. The number of halogens is 1. The smallest absolute Gasteiger partial charge is 0.323 e. The lowest BCUT2D eigenvalue weighted by molar-refractivity contribution is -0.145. The van der Waals surface area contributed by atoms with Gasteiger partial charge in [-0.3, -0.25) is 4.79 Å². The summed E-state index contributed by atoms with van der Waals surface area (Å²) >= 11 is 0. The molecule has 0 radical (unpaired) electrons. The molecule has 1 N–H and O–H groups in total. The second-order valence-electron chi connectivity index (χ2n) is 4.36. The maximum absolute atomic E-state index is 11.5. The third-order valence-corrected chi connectivity index (χ3v) is 3.43. The van der Waals surface area contributed by atoms with Crippen molar-refractivity contribution in [3.63, 3.8) is 0 Å². The van der Waals surface area contributed by atoms with Crippen molar-refractivity contribution < 1.29 is 9.53 Å². The molecule has 2 rings (SSSR count). The number of hydrogen-bond donors (Lipinski definition) is 1. The summed E-state index contributed by atoms with van der Waals surface area (Å²) < 4.78 is 5.03. The van der Waals surface area contributed by atoms with Crippen LogP contribution in [0.4, 0.5) is 0 Å². The van der Waals surface area contributed by atoms with Crippen molar-refractivity contribution in [2.24, 2.45) is 5.92 Å². The van der Waals surface area contributed by atoms with Gasteiger partial charge in [0.2, 0.25) is 0 Å². The van der Waals surface area contributed by atoms with Gasteiger partial charge in [-0.2, -0.15) is 0 Å². The molecule has 2 aliphatic rings. The summed E-state index contributed by atoms with van der Waals surface area (Å²) in [5.41, 5.74) is 0. The summed E-state index contributed by atoms with van der Waals surface area (Å²) in [4.78, 5) is 11.5. The van der Waals surface area contributed by atoms with E-state index in [1.165, 1.54) is 25.7 Å². The van der Waals surface area contributed by atoms with Crippen LogP contribution in [-0.2, 0) is 9.53 Å². The summed E-state index contributed by atoms with van der Waals surface area (Å²) in [6.45, 7) is 2.35. The van der Waals surface area contributed by atoms with Crippen molar-refractivity contribution in [1.29, 1.82) is 0 Å². The molecule has 0 bridgehead atoms. The summed E-state index contributed by atoms with van der Waals surface area (Å²) in [7, 11) is 0. The van der Waals surface area contributed by atoms with Gasteiger partial charge in [-0.15, -0.1) is 12.4 Å². The van der Waals surface area contributed by atoms with Crippen LogP contribution in [0.5, 0.6) is 0 Å². The molecule has 1 heterocycles. The maximum Gasteiger partial charge on any atom is 0.323 e. The van der Waals surface area contributed by atoms with Crippen LogP contribution in [0.15, 0.2) is 0 Å². The first-order chi connectivity index (χ1) is 6.81. The fraction of sp³-hybridized carbons (Fsp3) is 0.909. The zero-order chi connectivity index (χ0) is 9.97. The molecular weight excluding hydrogens is 214 g/mol. The molecule has 0 spiro atoms. The summed E-state index contributed by atoms with van der Waals surface area (Å²) in [6, 6.07) is 0.557. The highest BCUT2D eigenvalue weighted by Crippen LogP contribution is 2.33. The highest BCUT2D eigenvalue weighted by atomic mass is 35.5. The first kappa shape index (κ1) is 12.8. The summed E-state index contributed by atoms with van der Waals surface area (Å²) in [6.07, 6.45) is 6.15. The van der Waals surface area contributed by atoms with Gasteiger partial charge in [0.05, 0.1) is 6.61 Å². The Bertz CT molecular complexity index is 209. The number of hydrogen-bond acceptors (Lipinski definition) is 3. The molecule has 2 fully saturated rings. The van der Waals surface area contributed by atoms with Gasteiger partial charge in [-0.25, -0.2) is 0 Å². The van der Waals surface area contributed by atoms with Gasteiger partial charge in [0.15, 0.2) is 0 Å². The Labute approximate surface area is 97.4 Å². The van der Waals surface area contributed by atoms with E-state index in [0.717, 1.165) is 12.3 Å². The highest BCUT2D eigenvalue weighted by molar-refractivity contribution is 5.85. The molecule has 0 aromatic heterocycles. The van der Waals surface area contributed by atoms with Gasteiger partial charge in [0, 0.05) is 6.04 Å². The van der Waals surface area contributed by atoms with Gasteiger partial charge in [-0.05, 0) is 32.1 Å². The molecule has 15 heavy (non-hydrogen) atoms. The van der Waals surface area contributed by atoms with E-state index in [2.05, 4.69) is 5.32 Å². The molecule has 0 aromatic carbocycles. The molecule has 1 saturated heterocycles. The third kappa shape index (κ3) is 2.85. The van der Waals surface area contributed by atoms with E-state index < -0.39 is 0 Å². The molecule has 4 heteroatoms. The van der Waals surface area contributed by atoms with E-state index in [1.54, 1.807) is 0 Å². The first-order valence-electron chi connectivity index (χ1n) is 5.74. The lowest BCUT2D eigenvalue weighted by Gasteiger charge is -2.24. The number of rotatable bonds is 2. The number of esters is 1. The van der Waals surface area contributed by atoms with Crippen LogP contribution in [-0.4, -0.2) is 24.7 Å². The van der Waals surface area contributed by atoms with E-state index in [-0.39, 0.29) is 24.4 Å². The molecule has 1 aliphatic carbocycles. The van der Waals surface area contributed by atoms with Crippen molar-refractivity contribution in [3.05, 3.63) is 0 Å². The first-order valence-corrected chi connectivity index (χ1v) is 5.74. The highest BCUT2D eigenvalue weighted by Gasteiger charge is 2.38. The average Bonchev–Trinajstić information content (AvgIpc) is 2.61. The number of carbonyl (C=O) groups is 1. The van der Waals surface area contributed by atoms with Crippen LogP contribution < -0.4 is 5.32 Å². The Hall–Kier alpha value is -0.280. The Morgan fingerprint density at radius 3 is 2.80 bits per heavy atom. The molecule has 3 nitrogen and oxygen atoms in total. The van der Waals surface area contributed by atoms with Crippen LogP contribution >= 0.6 is 12.4 Å². The zero-order valence-corrected chi connectivity index (χ0v) is 10.0. The molecule has 0 aromatic rings. The number of ether oxygens (including phenoxy) is 1. The number of fused-ring (bicyclic) bond motifs is 1. The van der Waals surface area contributed by atoms with E-state index >= 15 is 0 Å². The van der Waals surface area contributed by atoms with Crippen molar-refractivity contribution >= 4 is 18.4 Å². The van der Waals surface area contributed by atoms with Crippen LogP contribution in [0, 0.1) is 5.92 Å². The maximum atomic E-state index is 11.5. The minimum atomic E-state index is -0.0538. The van der Waals surface area contributed by atoms with Crippen molar-refractivity contribution in [1.82, 2.24) is 5.32 Å². The molecule has 1 saturated carbocycles. The molecule has 3 unspecified atom stereocenters. The minimum absolute atomic E-state index is 0. The van der Waals surface area contributed by atoms with Gasteiger partial charge < -0.3 is 10.1 Å². The van der Waals surface area contributed by atoms with E-state index in [0.29, 0.717) is 12.6 Å². The molecule has 88 valence electrons. The fourth-order valence-corrected chi connectivity index (χ4v) is 2.75. The topological polar surface area (TPSA) is 38.3 Å². The quantitative estimate of drug-likeness (QED) is 0.741. The second-order valence-corrected chi connectivity index (χ2v) is 4.36. The second kappa shape index (κ2) is 5.71. The van der Waals surface area contributed by atoms with Crippen LogP contribution in [0.2, 0.25) is 0 Å². The average molecular weight is 234 g/mol. The predicted molar refractivity (Wildman–Crippen MR) is 61.2 cm³/mol. The Balaban J connectivity index is 0.00000112. The summed E-state index contributed by atoms with van der Waals surface area (Å²) in [5, 5.41) is 3.40. The zero-order valence-electron chi connectivity index (χ0n) is 9.20. The molecular formula is C11H20ClNO2. The fourth-order valence-electron chi connectivity index (χ4n) is 2.75. The van der Waals surface area contributed by atoms with Crippen molar-refractivity contribution in [2.45, 2.75) is 51.1 Å². The van der Waals surface area contributed by atoms with Gasteiger partial charge in [0.1, 0.15) is 6.04 Å². The Kier molecular flexibility index (Phi) is 4.87. The van der Waals surface area contributed by atoms with Crippen LogP contribution in [0.1, 0.15) is 39.0 Å². The van der Waals surface area contributed by atoms with Gasteiger partial charge in [0.25, 0.3) is 0 Å². The van der Waals surface area contributed by atoms with Gasteiger partial charge >= 0.3 is 5.97 Å². The third-order valence-electron chi connectivity index (χ3n) is 3.43. The van der Waals surface area contributed by atoms with Crippen LogP contribution in [0.25, 0.3) is 0 Å². The van der Waals surface area contributed by atoms with Gasteiger partial charge in [-0.1, -0.05) is 12.8 Å². The predicted octanol–water partition coefficient (Wildman–Crippen LogP) is 1.89. The van der Waals surface area contributed by atoms with Crippen molar-refractivity contribution in [3.8, 4) is 0 Å². The Morgan fingerprint density at radius 2 is 2.13 bits per heavy atom. The van der Waals surface area contributed by atoms with E-state index in [4.69, 9.17) is 4.74 Å². The largest absolute Gasteiger partial charge is 0.465 e. The lowest BCUT2D eigenvalue weighted by atomic mass is 9.85. The molecule has 3 atom stereocenters. The van der Waals surface area contributed by atoms with E-state index in [9.17, 15) is 4.79 Å².